The molecule has 5 aliphatic rings. The fraction of sp³-hybridized carbons (Fsp3) is 0.625. The van der Waals surface area contributed by atoms with Crippen molar-refractivity contribution < 1.29 is 68.3 Å². The van der Waals surface area contributed by atoms with E-state index in [2.05, 4.69) is 0 Å². The van der Waals surface area contributed by atoms with Crippen molar-refractivity contribution in [3.63, 3.8) is 0 Å². The molecule has 15 nitrogen and oxygen atoms in total. The number of likely N-dealkylation sites (N-methyl/N-ethyl adjacent to an activating group) is 1. The molecule has 55 heavy (non-hydrogen) atoms. The maximum absolute atomic E-state index is 13.8. The van der Waals surface area contributed by atoms with Crippen LogP contribution in [0.1, 0.15) is 121 Å². The minimum absolute atomic E-state index is 0.0111. The summed E-state index contributed by atoms with van der Waals surface area (Å²) in [7, 11) is 3.75. The molecule has 3 heterocycles. The van der Waals surface area contributed by atoms with Crippen molar-refractivity contribution in [1.29, 1.82) is 0 Å². The maximum atomic E-state index is 13.8. The molecule has 3 aliphatic heterocycles. The molecule has 2 aromatic carbocycles. The highest BCUT2D eigenvalue weighted by Gasteiger charge is 2.52. The fourth-order valence-corrected chi connectivity index (χ4v) is 8.80. The standard InChI is InChI=1S/C40H51NO14/c1-7-40(49)16-27(45)21-13-22-32(34(46)20-9-8-10-25(43)31(20)35(22)47)36(48)33(21)39(40)55-29-14-23(41(5)6)37(18(3)51-29)54-30-15-26(44)38(19(4)52-30)53-28-12-11-24(42)17(2)50-28/h8-10,13,17-19,23,26-30,37-39,43-45,48-49H,7,11-12,14-16H2,1-6H3. The number of aliphatic hydroxyl groups is 3. The summed E-state index contributed by atoms with van der Waals surface area (Å²) in [5.41, 5.74) is -2.32. The van der Waals surface area contributed by atoms with Crippen molar-refractivity contribution in [2.24, 2.45) is 0 Å². The predicted octanol–water partition coefficient (Wildman–Crippen LogP) is 2.93. The number of hydrogen-bond acceptors (Lipinski definition) is 15. The lowest BCUT2D eigenvalue weighted by Gasteiger charge is -2.49. The highest BCUT2D eigenvalue weighted by atomic mass is 16.7. The van der Waals surface area contributed by atoms with Gasteiger partial charge in [-0.3, -0.25) is 14.4 Å². The third kappa shape index (κ3) is 7.13. The lowest BCUT2D eigenvalue weighted by atomic mass is 9.71. The second-order valence-electron chi connectivity index (χ2n) is 15.7. The van der Waals surface area contributed by atoms with Crippen LogP contribution in [0.15, 0.2) is 24.3 Å². The summed E-state index contributed by atoms with van der Waals surface area (Å²) in [6.07, 6.45) is -7.94. The van der Waals surface area contributed by atoms with Crippen molar-refractivity contribution in [3.8, 4) is 11.5 Å². The number of phenols is 2. The smallest absolute Gasteiger partial charge is 0.198 e. The van der Waals surface area contributed by atoms with Gasteiger partial charge in [0.2, 0.25) is 0 Å². The number of carbonyl (C=O) groups excluding carboxylic acids is 3. The molecular formula is C40H51NO14. The Morgan fingerprint density at radius 2 is 1.51 bits per heavy atom. The number of benzene rings is 2. The molecule has 13 atom stereocenters. The van der Waals surface area contributed by atoms with E-state index in [0.717, 1.165) is 0 Å². The quantitative estimate of drug-likeness (QED) is 0.223. The second-order valence-corrected chi connectivity index (χ2v) is 15.7. The molecule has 5 N–H and O–H groups in total. The van der Waals surface area contributed by atoms with E-state index >= 15 is 0 Å². The zero-order valence-electron chi connectivity index (χ0n) is 31.8. The highest BCUT2D eigenvalue weighted by molar-refractivity contribution is 6.30. The van der Waals surface area contributed by atoms with E-state index in [1.165, 1.54) is 24.3 Å². The number of aromatic hydroxyl groups is 2. The molecule has 0 bridgehead atoms. The molecule has 0 aromatic heterocycles. The van der Waals surface area contributed by atoms with Crippen LogP contribution in [0.4, 0.5) is 0 Å². The fourth-order valence-electron chi connectivity index (χ4n) is 8.80. The molecule has 3 fully saturated rings. The minimum atomic E-state index is -1.71. The summed E-state index contributed by atoms with van der Waals surface area (Å²) in [4.78, 5) is 41.2. The van der Waals surface area contributed by atoms with Crippen LogP contribution in [0, 0.1) is 0 Å². The summed E-state index contributed by atoms with van der Waals surface area (Å²) in [6.45, 7) is 6.98. The van der Waals surface area contributed by atoms with E-state index in [1.807, 2.05) is 25.9 Å². The summed E-state index contributed by atoms with van der Waals surface area (Å²) < 4.78 is 37.4. The first-order valence-electron chi connectivity index (χ1n) is 19.0. The Kier molecular flexibility index (Phi) is 11.0. The molecule has 3 saturated heterocycles. The highest BCUT2D eigenvalue weighted by Crippen LogP contribution is 2.53. The molecular weight excluding hydrogens is 718 g/mol. The topological polar surface area (TPSA) is 211 Å². The Bertz CT molecular complexity index is 1820. The van der Waals surface area contributed by atoms with Crippen LogP contribution in [0.3, 0.4) is 0 Å². The number of aliphatic hydroxyl groups excluding tert-OH is 2. The molecule has 2 aromatic rings. The van der Waals surface area contributed by atoms with E-state index < -0.39 is 90.6 Å². The molecule has 7 rings (SSSR count). The number of nitrogens with zero attached hydrogens (tertiary/aromatic N) is 1. The number of ketones is 3. The van der Waals surface area contributed by atoms with E-state index in [-0.39, 0.29) is 76.6 Å². The van der Waals surface area contributed by atoms with Gasteiger partial charge in [-0.15, -0.1) is 0 Å². The molecule has 0 spiro atoms. The largest absolute Gasteiger partial charge is 0.507 e. The number of carbonyl (C=O) groups is 3. The normalized spacial score (nSPS) is 37.7. The van der Waals surface area contributed by atoms with E-state index in [9.17, 15) is 39.9 Å². The number of fused-ring (bicyclic) bond motifs is 3. The Morgan fingerprint density at radius 1 is 0.855 bits per heavy atom. The van der Waals surface area contributed by atoms with Gasteiger partial charge in [-0.05, 0) is 59.0 Å². The minimum Gasteiger partial charge on any atom is -0.507 e. The molecule has 0 saturated carbocycles. The van der Waals surface area contributed by atoms with Crippen LogP contribution in [0.5, 0.6) is 11.5 Å². The monoisotopic (exact) mass is 769 g/mol. The van der Waals surface area contributed by atoms with Gasteiger partial charge in [0.15, 0.2) is 36.2 Å². The summed E-state index contributed by atoms with van der Waals surface area (Å²) in [5, 5.41) is 56.7. The number of rotatable bonds is 8. The first kappa shape index (κ1) is 39.9. The van der Waals surface area contributed by atoms with E-state index in [0.29, 0.717) is 12.8 Å². The van der Waals surface area contributed by atoms with Gasteiger partial charge in [-0.25, -0.2) is 0 Å². The van der Waals surface area contributed by atoms with Crippen LogP contribution < -0.4 is 0 Å². The Morgan fingerprint density at radius 3 is 2.16 bits per heavy atom. The summed E-state index contributed by atoms with van der Waals surface area (Å²) >= 11 is 0. The van der Waals surface area contributed by atoms with E-state index in [1.54, 1.807) is 20.8 Å². The SMILES string of the molecule is CCC1(O)CC(O)c2cc3c(c(O)c2C1OC1CC(N(C)C)C(OC2CC(O)C(OC4CCC(=O)C(C)O4)C(C)O2)C(C)O1)C(=O)c1cccc(O)c1C3=O. The zero-order chi connectivity index (χ0) is 39.7. The molecule has 300 valence electrons. The molecule has 13 unspecified atom stereocenters. The van der Waals surface area contributed by atoms with Crippen LogP contribution in [0.2, 0.25) is 0 Å². The number of phenolic OH excluding ortho intramolecular Hbond substituents is 2. The number of hydrogen-bond donors (Lipinski definition) is 5. The van der Waals surface area contributed by atoms with Crippen molar-refractivity contribution in [3.05, 3.63) is 57.6 Å². The van der Waals surface area contributed by atoms with Crippen LogP contribution in [-0.4, -0.2) is 129 Å². The van der Waals surface area contributed by atoms with Gasteiger partial charge in [0.05, 0.1) is 41.1 Å². The van der Waals surface area contributed by atoms with Gasteiger partial charge in [0, 0.05) is 54.8 Å². The average molecular weight is 770 g/mol. The first-order valence-corrected chi connectivity index (χ1v) is 19.0. The maximum Gasteiger partial charge on any atom is 0.198 e. The zero-order valence-corrected chi connectivity index (χ0v) is 31.8. The van der Waals surface area contributed by atoms with Crippen molar-refractivity contribution in [1.82, 2.24) is 4.90 Å². The van der Waals surface area contributed by atoms with Gasteiger partial charge in [-0.1, -0.05) is 19.1 Å². The van der Waals surface area contributed by atoms with Crippen molar-refractivity contribution in [2.75, 3.05) is 14.1 Å². The van der Waals surface area contributed by atoms with Crippen LogP contribution >= 0.6 is 0 Å². The van der Waals surface area contributed by atoms with Gasteiger partial charge >= 0.3 is 0 Å². The lowest BCUT2D eigenvalue weighted by molar-refractivity contribution is -0.328. The van der Waals surface area contributed by atoms with Gasteiger partial charge in [-0.2, -0.15) is 0 Å². The Labute approximate surface area is 319 Å². The number of ether oxygens (including phenoxy) is 6. The van der Waals surface area contributed by atoms with Gasteiger partial charge in [0.25, 0.3) is 0 Å². The average Bonchev–Trinajstić information content (AvgIpc) is 3.12. The molecule has 0 radical (unpaired) electrons. The van der Waals surface area contributed by atoms with E-state index in [4.69, 9.17) is 28.4 Å². The summed E-state index contributed by atoms with van der Waals surface area (Å²) in [5.74, 6) is -2.32. The Balaban J connectivity index is 1.10. The lowest BCUT2D eigenvalue weighted by Crippen LogP contribution is -2.58. The van der Waals surface area contributed by atoms with Gasteiger partial charge < -0.3 is 58.9 Å². The third-order valence-corrected chi connectivity index (χ3v) is 11.9. The summed E-state index contributed by atoms with van der Waals surface area (Å²) in [6, 6.07) is 5.13. The predicted molar refractivity (Wildman–Crippen MR) is 191 cm³/mol. The van der Waals surface area contributed by atoms with Crippen molar-refractivity contribution in [2.45, 2.75) is 146 Å². The van der Waals surface area contributed by atoms with Gasteiger partial charge in [0.1, 0.15) is 35.9 Å². The third-order valence-electron chi connectivity index (χ3n) is 11.9. The number of Topliss-reactive ketones (excluding diaryl/α,β-unsaturated/α-hetero) is 1. The molecule has 0 amide bonds. The van der Waals surface area contributed by atoms with Crippen molar-refractivity contribution >= 4 is 17.3 Å². The second kappa shape index (κ2) is 15.2. The van der Waals surface area contributed by atoms with Crippen LogP contribution in [-0.2, 0) is 33.2 Å². The Hall–Kier alpha value is -3.35. The van der Waals surface area contributed by atoms with Crippen LogP contribution in [0.25, 0.3) is 0 Å². The first-order chi connectivity index (χ1) is 26.0. The molecule has 2 aliphatic carbocycles. The molecule has 15 heteroatoms.